The van der Waals surface area contributed by atoms with E-state index in [1.54, 1.807) is 13.0 Å². The number of rotatable bonds is 2. The van der Waals surface area contributed by atoms with Crippen molar-refractivity contribution in [1.29, 1.82) is 0 Å². The Morgan fingerprint density at radius 2 is 2.00 bits per heavy atom. The molecule has 0 bridgehead atoms. The zero-order valence-electron chi connectivity index (χ0n) is 10.4. The van der Waals surface area contributed by atoms with Crippen LogP contribution >= 0.6 is 0 Å². The number of hydrogen-bond acceptors (Lipinski definition) is 4. The highest BCUT2D eigenvalue weighted by atomic mass is 16.5. The molecule has 0 aliphatic rings. The van der Waals surface area contributed by atoms with Gasteiger partial charge in [-0.05, 0) is 38.0 Å². The number of allylic oxidation sites excluding steroid dienone is 2. The molecule has 0 spiro atoms. The minimum atomic E-state index is -0.623. The van der Waals surface area contributed by atoms with Gasteiger partial charge in [0.05, 0.1) is 7.11 Å². The van der Waals surface area contributed by atoms with Crippen LogP contribution in [0.5, 0.6) is 11.5 Å². The number of phenols is 2. The van der Waals surface area contributed by atoms with E-state index < -0.39 is 5.97 Å². The third kappa shape index (κ3) is 2.25. The molecule has 0 unspecified atom stereocenters. The Bertz CT molecular complexity index is 487. The molecule has 1 aromatic carbocycles. The molecule has 1 rings (SSSR count). The molecular formula is C13H16O4. The average molecular weight is 236 g/mol. The number of carbonyl (C=O) groups is 1. The lowest BCUT2D eigenvalue weighted by Gasteiger charge is -2.13. The van der Waals surface area contributed by atoms with Gasteiger partial charge in [-0.1, -0.05) is 6.08 Å². The summed E-state index contributed by atoms with van der Waals surface area (Å²) in [6.07, 6.45) is 1.79. The van der Waals surface area contributed by atoms with Gasteiger partial charge in [0, 0.05) is 5.56 Å². The Hall–Kier alpha value is -1.97. The highest BCUT2D eigenvalue weighted by Gasteiger charge is 2.21. The molecule has 0 radical (unpaired) electrons. The molecule has 0 atom stereocenters. The Balaban J connectivity index is 3.64. The fourth-order valence-corrected chi connectivity index (χ4v) is 1.53. The Morgan fingerprint density at radius 3 is 2.47 bits per heavy atom. The molecule has 0 aliphatic carbocycles. The summed E-state index contributed by atoms with van der Waals surface area (Å²) in [6, 6.07) is 1.46. The third-order valence-corrected chi connectivity index (χ3v) is 2.77. The Labute approximate surface area is 100 Å². The van der Waals surface area contributed by atoms with Crippen LogP contribution in [0, 0.1) is 6.92 Å². The highest BCUT2D eigenvalue weighted by molar-refractivity contribution is 5.99. The quantitative estimate of drug-likeness (QED) is 0.774. The van der Waals surface area contributed by atoms with Crippen molar-refractivity contribution < 1.29 is 19.7 Å². The Kier molecular flexibility index (Phi) is 3.78. The van der Waals surface area contributed by atoms with Crippen LogP contribution in [0.25, 0.3) is 5.57 Å². The van der Waals surface area contributed by atoms with Crippen molar-refractivity contribution >= 4 is 11.5 Å². The highest BCUT2D eigenvalue weighted by Crippen LogP contribution is 2.36. The van der Waals surface area contributed by atoms with Gasteiger partial charge in [0.2, 0.25) is 0 Å². The monoisotopic (exact) mass is 236 g/mol. The third-order valence-electron chi connectivity index (χ3n) is 2.77. The maximum atomic E-state index is 11.6. The summed E-state index contributed by atoms with van der Waals surface area (Å²) in [6.45, 7) is 5.13. The predicted molar refractivity (Wildman–Crippen MR) is 65.2 cm³/mol. The second-order valence-electron chi connectivity index (χ2n) is 3.76. The van der Waals surface area contributed by atoms with E-state index in [1.165, 1.54) is 20.1 Å². The largest absolute Gasteiger partial charge is 0.508 e. The van der Waals surface area contributed by atoms with Gasteiger partial charge in [-0.15, -0.1) is 0 Å². The number of ether oxygens (including phenoxy) is 1. The second-order valence-corrected chi connectivity index (χ2v) is 3.76. The molecule has 0 saturated carbocycles. The van der Waals surface area contributed by atoms with Crippen molar-refractivity contribution in [1.82, 2.24) is 0 Å². The van der Waals surface area contributed by atoms with Crippen molar-refractivity contribution in [3.05, 3.63) is 28.8 Å². The molecule has 17 heavy (non-hydrogen) atoms. The molecule has 0 aliphatic heterocycles. The summed E-state index contributed by atoms with van der Waals surface area (Å²) < 4.78 is 4.64. The molecular weight excluding hydrogens is 220 g/mol. The molecule has 1 aromatic rings. The van der Waals surface area contributed by atoms with Crippen LogP contribution in [0.1, 0.15) is 35.3 Å². The molecule has 4 heteroatoms. The van der Waals surface area contributed by atoms with Crippen LogP contribution in [0.3, 0.4) is 0 Å². The Morgan fingerprint density at radius 1 is 1.41 bits per heavy atom. The normalized spacial score (nSPS) is 11.4. The number of benzene rings is 1. The standard InChI is InChI=1S/C13H16O4/c1-5-7(2)9-6-10(14)8(3)12(15)11(9)13(16)17-4/h5-6,14-15H,1-4H3/b7-5+. The number of aromatic hydroxyl groups is 2. The van der Waals surface area contributed by atoms with E-state index in [-0.39, 0.29) is 22.6 Å². The predicted octanol–water partition coefficient (Wildman–Crippen LogP) is 2.62. The van der Waals surface area contributed by atoms with Crippen LogP contribution in [-0.4, -0.2) is 23.3 Å². The lowest BCUT2D eigenvalue weighted by atomic mass is 9.96. The van der Waals surface area contributed by atoms with Gasteiger partial charge in [-0.25, -0.2) is 4.79 Å². The van der Waals surface area contributed by atoms with Gasteiger partial charge >= 0.3 is 5.97 Å². The van der Waals surface area contributed by atoms with Crippen LogP contribution in [-0.2, 0) is 4.74 Å². The smallest absolute Gasteiger partial charge is 0.342 e. The van der Waals surface area contributed by atoms with Crippen LogP contribution in [0.15, 0.2) is 12.1 Å². The van der Waals surface area contributed by atoms with Gasteiger partial charge in [0.1, 0.15) is 17.1 Å². The molecule has 4 nitrogen and oxygen atoms in total. The van der Waals surface area contributed by atoms with E-state index in [4.69, 9.17) is 0 Å². The van der Waals surface area contributed by atoms with Crippen molar-refractivity contribution in [3.8, 4) is 11.5 Å². The van der Waals surface area contributed by atoms with E-state index in [2.05, 4.69) is 4.74 Å². The minimum Gasteiger partial charge on any atom is -0.508 e. The summed E-state index contributed by atoms with van der Waals surface area (Å²) in [5.74, 6) is -0.916. The van der Waals surface area contributed by atoms with Crippen LogP contribution < -0.4 is 0 Å². The van der Waals surface area contributed by atoms with Gasteiger partial charge in [0.15, 0.2) is 0 Å². The fraction of sp³-hybridized carbons (Fsp3) is 0.308. The first kappa shape index (κ1) is 13.1. The van der Waals surface area contributed by atoms with Gasteiger partial charge in [-0.2, -0.15) is 0 Å². The van der Waals surface area contributed by atoms with E-state index in [0.29, 0.717) is 5.56 Å². The number of methoxy groups -OCH3 is 1. The summed E-state index contributed by atoms with van der Waals surface area (Å²) in [5, 5.41) is 19.6. The molecule has 2 N–H and O–H groups in total. The van der Waals surface area contributed by atoms with Gasteiger partial charge < -0.3 is 14.9 Å². The topological polar surface area (TPSA) is 66.8 Å². The zero-order chi connectivity index (χ0) is 13.2. The summed E-state index contributed by atoms with van der Waals surface area (Å²) in [7, 11) is 1.25. The summed E-state index contributed by atoms with van der Waals surface area (Å²) >= 11 is 0. The van der Waals surface area contributed by atoms with Crippen LogP contribution in [0.4, 0.5) is 0 Å². The van der Waals surface area contributed by atoms with E-state index in [9.17, 15) is 15.0 Å². The van der Waals surface area contributed by atoms with Crippen molar-refractivity contribution in [2.45, 2.75) is 20.8 Å². The van der Waals surface area contributed by atoms with E-state index in [1.807, 2.05) is 6.92 Å². The first-order chi connectivity index (χ1) is 7.93. The number of carbonyl (C=O) groups excluding carboxylic acids is 1. The van der Waals surface area contributed by atoms with Crippen molar-refractivity contribution in [2.75, 3.05) is 7.11 Å². The van der Waals surface area contributed by atoms with E-state index >= 15 is 0 Å². The number of phenolic OH excluding ortho intramolecular Hbond substituents is 2. The summed E-state index contributed by atoms with van der Waals surface area (Å²) in [4.78, 5) is 11.6. The molecule has 0 aromatic heterocycles. The van der Waals surface area contributed by atoms with Crippen molar-refractivity contribution in [2.24, 2.45) is 0 Å². The maximum absolute atomic E-state index is 11.6. The fourth-order valence-electron chi connectivity index (χ4n) is 1.53. The van der Waals surface area contributed by atoms with Crippen LogP contribution in [0.2, 0.25) is 0 Å². The SMILES string of the molecule is C/C=C(\C)c1cc(O)c(C)c(O)c1C(=O)OC. The first-order valence-electron chi connectivity index (χ1n) is 5.21. The molecule has 0 saturated heterocycles. The lowest BCUT2D eigenvalue weighted by Crippen LogP contribution is -2.06. The number of hydrogen-bond donors (Lipinski definition) is 2. The first-order valence-corrected chi connectivity index (χ1v) is 5.21. The zero-order valence-corrected chi connectivity index (χ0v) is 10.4. The molecule has 92 valence electrons. The lowest BCUT2D eigenvalue weighted by molar-refractivity contribution is 0.0597. The van der Waals surface area contributed by atoms with Gasteiger partial charge in [-0.3, -0.25) is 0 Å². The van der Waals surface area contributed by atoms with Gasteiger partial charge in [0.25, 0.3) is 0 Å². The molecule has 0 amide bonds. The van der Waals surface area contributed by atoms with E-state index in [0.717, 1.165) is 5.57 Å². The maximum Gasteiger partial charge on any atom is 0.342 e. The van der Waals surface area contributed by atoms with Crippen molar-refractivity contribution in [3.63, 3.8) is 0 Å². The number of esters is 1. The molecule has 0 fully saturated rings. The second kappa shape index (κ2) is 4.91. The average Bonchev–Trinajstić information content (AvgIpc) is 2.33. The summed E-state index contributed by atoms with van der Waals surface area (Å²) in [5.41, 5.74) is 1.59. The molecule has 0 heterocycles. The minimum absolute atomic E-state index is 0.0497.